The Morgan fingerprint density at radius 3 is 2.63 bits per heavy atom. The van der Waals surface area contributed by atoms with E-state index in [1.807, 2.05) is 0 Å². The van der Waals surface area contributed by atoms with Crippen LogP contribution in [-0.4, -0.2) is 32.0 Å². The van der Waals surface area contributed by atoms with E-state index < -0.39 is 17.8 Å². The van der Waals surface area contributed by atoms with Gasteiger partial charge in [0.2, 0.25) is 17.7 Å². The minimum atomic E-state index is -2.75. The van der Waals surface area contributed by atoms with E-state index >= 15 is 0 Å². The van der Waals surface area contributed by atoms with Gasteiger partial charge in [-0.25, -0.2) is 8.78 Å². The first-order valence-electron chi connectivity index (χ1n) is 9.59. The molecular weight excluding hydrogens is 412 g/mol. The molecule has 0 saturated heterocycles. The molecule has 1 aliphatic rings. The summed E-state index contributed by atoms with van der Waals surface area (Å²) in [5, 5.41) is 15.2. The van der Waals surface area contributed by atoms with E-state index in [1.165, 1.54) is 4.80 Å². The van der Waals surface area contributed by atoms with Crippen molar-refractivity contribution >= 4 is 23.2 Å². The van der Waals surface area contributed by atoms with Crippen LogP contribution in [0.3, 0.4) is 0 Å². The SMILES string of the molecule is Cn1nnc(-c2ccc([C@@H](C(=O)Nc3cccc(Cl)c3)[C@H]3CCC(F)(F)C3)cc2)n1. The van der Waals surface area contributed by atoms with Crippen LogP contribution in [0.4, 0.5) is 14.5 Å². The van der Waals surface area contributed by atoms with Crippen molar-refractivity contribution in [2.45, 2.75) is 31.1 Å². The molecule has 0 bridgehead atoms. The van der Waals surface area contributed by atoms with Crippen molar-refractivity contribution in [1.29, 1.82) is 0 Å². The lowest BCUT2D eigenvalue weighted by atomic mass is 9.83. The molecule has 1 heterocycles. The summed E-state index contributed by atoms with van der Waals surface area (Å²) in [6, 6.07) is 13.9. The number of benzene rings is 2. The smallest absolute Gasteiger partial charge is 0.248 e. The number of nitrogens with one attached hydrogen (secondary N) is 1. The van der Waals surface area contributed by atoms with Crippen LogP contribution in [-0.2, 0) is 11.8 Å². The molecule has 0 unspecified atom stereocenters. The van der Waals surface area contributed by atoms with E-state index in [4.69, 9.17) is 11.6 Å². The second kappa shape index (κ2) is 8.10. The maximum Gasteiger partial charge on any atom is 0.248 e. The van der Waals surface area contributed by atoms with Gasteiger partial charge in [0, 0.05) is 29.1 Å². The first-order chi connectivity index (χ1) is 14.3. The third kappa shape index (κ3) is 4.48. The molecule has 2 atom stereocenters. The number of aromatic nitrogens is 4. The van der Waals surface area contributed by atoms with Crippen LogP contribution < -0.4 is 5.32 Å². The Labute approximate surface area is 177 Å². The van der Waals surface area contributed by atoms with E-state index in [2.05, 4.69) is 20.7 Å². The topological polar surface area (TPSA) is 72.7 Å². The third-order valence-corrected chi connectivity index (χ3v) is 5.56. The molecular formula is C21H20ClF2N5O. The average molecular weight is 432 g/mol. The van der Waals surface area contributed by atoms with Crippen LogP contribution in [0, 0.1) is 5.92 Å². The van der Waals surface area contributed by atoms with Gasteiger partial charge in [0.05, 0.1) is 13.0 Å². The van der Waals surface area contributed by atoms with Gasteiger partial charge in [0.15, 0.2) is 0 Å². The van der Waals surface area contributed by atoms with Crippen molar-refractivity contribution in [1.82, 2.24) is 20.2 Å². The van der Waals surface area contributed by atoms with Gasteiger partial charge < -0.3 is 5.32 Å². The molecule has 156 valence electrons. The summed E-state index contributed by atoms with van der Waals surface area (Å²) >= 11 is 6.00. The Hall–Kier alpha value is -2.87. The molecule has 6 nitrogen and oxygen atoms in total. The van der Waals surface area contributed by atoms with Gasteiger partial charge in [-0.2, -0.15) is 4.80 Å². The van der Waals surface area contributed by atoms with Gasteiger partial charge in [0.1, 0.15) is 0 Å². The van der Waals surface area contributed by atoms with E-state index in [0.717, 1.165) is 5.56 Å². The maximum absolute atomic E-state index is 13.9. The van der Waals surface area contributed by atoms with Crippen LogP contribution in [0.2, 0.25) is 5.02 Å². The summed E-state index contributed by atoms with van der Waals surface area (Å²) in [7, 11) is 1.67. The number of hydrogen-bond acceptors (Lipinski definition) is 4. The fourth-order valence-corrected chi connectivity index (χ4v) is 4.12. The number of alkyl halides is 2. The highest BCUT2D eigenvalue weighted by Crippen LogP contribution is 2.46. The zero-order chi connectivity index (χ0) is 21.3. The quantitative estimate of drug-likeness (QED) is 0.636. The monoisotopic (exact) mass is 431 g/mol. The first-order valence-corrected chi connectivity index (χ1v) is 9.97. The average Bonchev–Trinajstić information content (AvgIpc) is 3.28. The standard InChI is InChI=1S/C21H20ClF2N5O/c1-29-27-19(26-28-29)14-7-5-13(6-8-14)18(15-9-10-21(23,24)12-15)20(30)25-17-4-2-3-16(22)11-17/h2-8,11,15,18H,9-10,12H2,1H3,(H,25,30)/t15-,18+/m0/s1. The Kier molecular flexibility index (Phi) is 5.51. The number of carbonyl (C=O) groups is 1. The summed E-state index contributed by atoms with van der Waals surface area (Å²) in [6.07, 6.45) is -0.234. The lowest BCUT2D eigenvalue weighted by molar-refractivity contribution is -0.118. The number of amides is 1. The zero-order valence-electron chi connectivity index (χ0n) is 16.2. The molecule has 4 rings (SSSR count). The lowest BCUT2D eigenvalue weighted by Gasteiger charge is -2.23. The maximum atomic E-state index is 13.9. The highest BCUT2D eigenvalue weighted by atomic mass is 35.5. The summed E-state index contributed by atoms with van der Waals surface area (Å²) in [6.45, 7) is 0. The van der Waals surface area contributed by atoms with Crippen molar-refractivity contribution in [2.75, 3.05) is 5.32 Å². The normalized spacial score (nSPS) is 18.9. The number of tetrazole rings is 1. The summed E-state index contributed by atoms with van der Waals surface area (Å²) in [5.41, 5.74) is 1.94. The molecule has 2 aromatic carbocycles. The van der Waals surface area contributed by atoms with Crippen LogP contribution in [0.15, 0.2) is 48.5 Å². The van der Waals surface area contributed by atoms with Gasteiger partial charge in [-0.3, -0.25) is 4.79 Å². The Morgan fingerprint density at radius 2 is 2.03 bits per heavy atom. The number of nitrogens with zero attached hydrogens (tertiary/aromatic N) is 4. The van der Waals surface area contributed by atoms with Crippen molar-refractivity contribution in [3.05, 3.63) is 59.1 Å². The third-order valence-electron chi connectivity index (χ3n) is 5.32. The van der Waals surface area contributed by atoms with Crippen molar-refractivity contribution in [3.63, 3.8) is 0 Å². The van der Waals surface area contributed by atoms with Crippen molar-refractivity contribution < 1.29 is 13.6 Å². The fourth-order valence-electron chi connectivity index (χ4n) is 3.93. The second-order valence-electron chi connectivity index (χ2n) is 7.56. The zero-order valence-corrected chi connectivity index (χ0v) is 17.0. The largest absolute Gasteiger partial charge is 0.326 e. The molecule has 3 aromatic rings. The fraction of sp³-hybridized carbons (Fsp3) is 0.333. The molecule has 1 aliphatic carbocycles. The molecule has 0 spiro atoms. The van der Waals surface area contributed by atoms with Crippen LogP contribution >= 0.6 is 11.6 Å². The molecule has 9 heteroatoms. The van der Waals surface area contributed by atoms with E-state index in [-0.39, 0.29) is 25.2 Å². The van der Waals surface area contributed by atoms with E-state index in [9.17, 15) is 13.6 Å². The van der Waals surface area contributed by atoms with Gasteiger partial charge >= 0.3 is 0 Å². The molecule has 1 amide bonds. The number of rotatable bonds is 5. The minimum Gasteiger partial charge on any atom is -0.326 e. The summed E-state index contributed by atoms with van der Waals surface area (Å²) < 4.78 is 27.9. The first kappa shape index (κ1) is 20.4. The Balaban J connectivity index is 1.62. The molecule has 0 radical (unpaired) electrons. The molecule has 30 heavy (non-hydrogen) atoms. The van der Waals surface area contributed by atoms with Gasteiger partial charge in [-0.15, -0.1) is 10.2 Å². The van der Waals surface area contributed by atoms with Crippen LogP contribution in [0.25, 0.3) is 11.4 Å². The van der Waals surface area contributed by atoms with Gasteiger partial charge in [-0.1, -0.05) is 41.9 Å². The van der Waals surface area contributed by atoms with Crippen molar-refractivity contribution in [2.24, 2.45) is 13.0 Å². The predicted octanol–water partition coefficient (Wildman–Crippen LogP) is 4.69. The second-order valence-corrected chi connectivity index (χ2v) is 8.00. The molecule has 1 saturated carbocycles. The molecule has 1 N–H and O–H groups in total. The number of carbonyl (C=O) groups excluding carboxylic acids is 1. The molecule has 0 aliphatic heterocycles. The summed E-state index contributed by atoms with van der Waals surface area (Å²) in [5.74, 6) is -3.79. The number of anilines is 1. The highest BCUT2D eigenvalue weighted by Gasteiger charge is 2.45. The molecule has 1 fully saturated rings. The number of hydrogen-bond donors (Lipinski definition) is 1. The van der Waals surface area contributed by atoms with E-state index in [1.54, 1.807) is 55.6 Å². The highest BCUT2D eigenvalue weighted by molar-refractivity contribution is 6.30. The number of halogens is 3. The number of aryl methyl sites for hydroxylation is 1. The predicted molar refractivity (Wildman–Crippen MR) is 109 cm³/mol. The van der Waals surface area contributed by atoms with Crippen LogP contribution in [0.1, 0.15) is 30.7 Å². The van der Waals surface area contributed by atoms with Crippen LogP contribution in [0.5, 0.6) is 0 Å². The Morgan fingerprint density at radius 1 is 1.27 bits per heavy atom. The Bertz CT molecular complexity index is 1050. The van der Waals surface area contributed by atoms with Crippen molar-refractivity contribution in [3.8, 4) is 11.4 Å². The summed E-state index contributed by atoms with van der Waals surface area (Å²) in [4.78, 5) is 14.5. The molecule has 1 aromatic heterocycles. The van der Waals surface area contributed by atoms with Gasteiger partial charge in [0.25, 0.3) is 0 Å². The van der Waals surface area contributed by atoms with Gasteiger partial charge in [-0.05, 0) is 41.3 Å². The lowest BCUT2D eigenvalue weighted by Crippen LogP contribution is -2.27. The minimum absolute atomic E-state index is 0.208. The van der Waals surface area contributed by atoms with E-state index in [0.29, 0.717) is 22.1 Å².